The fourth-order valence-electron chi connectivity index (χ4n) is 4.21. The Hall–Kier alpha value is -3.45. The summed E-state index contributed by atoms with van der Waals surface area (Å²) in [6.07, 6.45) is 6.93. The highest BCUT2D eigenvalue weighted by molar-refractivity contribution is 5.72. The molecule has 0 bridgehead atoms. The van der Waals surface area contributed by atoms with E-state index in [4.69, 9.17) is 0 Å². The number of hydrogen-bond donors (Lipinski definition) is 0. The number of aryl methyl sites for hydroxylation is 1. The molecule has 0 nitrogen and oxygen atoms in total. The van der Waals surface area contributed by atoms with Crippen LogP contribution in [0.25, 0.3) is 23.3 Å². The molecule has 0 aliphatic carbocycles. The average Bonchev–Trinajstić information content (AvgIpc) is 2.85. The van der Waals surface area contributed by atoms with Gasteiger partial charge in [0, 0.05) is 5.56 Å². The van der Waals surface area contributed by atoms with Crippen molar-refractivity contribution in [2.45, 2.75) is 39.0 Å². The third-order valence-corrected chi connectivity index (χ3v) is 6.17. The molecule has 0 heterocycles. The molecule has 0 amide bonds. The van der Waals surface area contributed by atoms with Gasteiger partial charge in [-0.25, -0.2) is 4.39 Å². The minimum Gasteiger partial charge on any atom is -0.206 e. The SMILES string of the molecule is CCCc1ccc(-c2ccc(C=Cc3ccc(C[C@@H](C)c4ccccc4)cc3F)cc2)cc1. The summed E-state index contributed by atoms with van der Waals surface area (Å²) < 4.78 is 14.7. The molecule has 0 aliphatic rings. The molecule has 0 radical (unpaired) electrons. The Morgan fingerprint density at radius 1 is 0.727 bits per heavy atom. The first-order valence-corrected chi connectivity index (χ1v) is 11.8. The minimum atomic E-state index is -0.173. The van der Waals surface area contributed by atoms with Crippen LogP contribution < -0.4 is 0 Å². The fraction of sp³-hybridized carbons (Fsp3) is 0.188. The van der Waals surface area contributed by atoms with Crippen LogP contribution in [-0.4, -0.2) is 0 Å². The third kappa shape index (κ3) is 6.08. The van der Waals surface area contributed by atoms with Crippen molar-refractivity contribution in [1.29, 1.82) is 0 Å². The lowest BCUT2D eigenvalue weighted by atomic mass is 9.93. The van der Waals surface area contributed by atoms with Crippen molar-refractivity contribution in [3.63, 3.8) is 0 Å². The molecular weight excluding hydrogens is 403 g/mol. The maximum Gasteiger partial charge on any atom is 0.130 e. The van der Waals surface area contributed by atoms with Crippen molar-refractivity contribution >= 4 is 12.2 Å². The van der Waals surface area contributed by atoms with Crippen molar-refractivity contribution in [3.8, 4) is 11.1 Å². The highest BCUT2D eigenvalue weighted by atomic mass is 19.1. The smallest absolute Gasteiger partial charge is 0.130 e. The van der Waals surface area contributed by atoms with Gasteiger partial charge in [-0.3, -0.25) is 0 Å². The first-order valence-electron chi connectivity index (χ1n) is 11.8. The van der Waals surface area contributed by atoms with E-state index in [1.165, 1.54) is 22.3 Å². The standard InChI is InChI=1S/C32H31F/c1-3-7-25-10-16-29(17-11-25)30-18-12-26(13-19-30)14-20-31-21-15-27(23-32(31)33)22-24(2)28-8-5-4-6-9-28/h4-6,8-21,23-24H,3,7,22H2,1-2H3/t24-/m1/s1. The normalized spacial score (nSPS) is 12.2. The molecule has 0 unspecified atom stereocenters. The van der Waals surface area contributed by atoms with Crippen molar-refractivity contribution in [2.75, 3.05) is 0 Å². The molecule has 0 fully saturated rings. The Kier molecular flexibility index (Phi) is 7.52. The number of halogens is 1. The molecule has 166 valence electrons. The van der Waals surface area contributed by atoms with Crippen molar-refractivity contribution in [1.82, 2.24) is 0 Å². The van der Waals surface area contributed by atoms with Gasteiger partial charge in [-0.1, -0.05) is 123 Å². The molecule has 1 atom stereocenters. The molecule has 4 rings (SSSR count). The molecular formula is C32H31F. The minimum absolute atomic E-state index is 0.173. The molecule has 0 saturated heterocycles. The van der Waals surface area contributed by atoms with E-state index < -0.39 is 0 Å². The van der Waals surface area contributed by atoms with E-state index in [-0.39, 0.29) is 5.82 Å². The zero-order valence-corrected chi connectivity index (χ0v) is 19.5. The molecule has 0 aromatic heterocycles. The molecule has 0 spiro atoms. The molecule has 0 saturated carbocycles. The molecule has 0 aliphatic heterocycles. The zero-order chi connectivity index (χ0) is 23.0. The highest BCUT2D eigenvalue weighted by Crippen LogP contribution is 2.24. The van der Waals surface area contributed by atoms with Crippen LogP contribution in [0.3, 0.4) is 0 Å². The van der Waals surface area contributed by atoms with Gasteiger partial charge in [-0.05, 0) is 58.2 Å². The number of benzene rings is 4. The van der Waals surface area contributed by atoms with Crippen LogP contribution >= 0.6 is 0 Å². The van der Waals surface area contributed by atoms with Crippen molar-refractivity contribution < 1.29 is 4.39 Å². The van der Waals surface area contributed by atoms with E-state index in [2.05, 4.69) is 86.6 Å². The largest absolute Gasteiger partial charge is 0.206 e. The second-order valence-electron chi connectivity index (χ2n) is 8.77. The Morgan fingerprint density at radius 3 is 2.00 bits per heavy atom. The van der Waals surface area contributed by atoms with Gasteiger partial charge in [0.25, 0.3) is 0 Å². The summed E-state index contributed by atoms with van der Waals surface area (Å²) in [5, 5.41) is 0. The summed E-state index contributed by atoms with van der Waals surface area (Å²) >= 11 is 0. The van der Waals surface area contributed by atoms with Gasteiger partial charge in [0.1, 0.15) is 5.82 Å². The van der Waals surface area contributed by atoms with Gasteiger partial charge in [0.05, 0.1) is 0 Å². The first-order chi connectivity index (χ1) is 16.1. The summed E-state index contributed by atoms with van der Waals surface area (Å²) in [6, 6.07) is 33.2. The van der Waals surface area contributed by atoms with Crippen LogP contribution in [0.15, 0.2) is 97.1 Å². The second kappa shape index (κ2) is 10.9. The highest BCUT2D eigenvalue weighted by Gasteiger charge is 2.08. The van der Waals surface area contributed by atoms with Gasteiger partial charge >= 0.3 is 0 Å². The van der Waals surface area contributed by atoms with E-state index in [1.54, 1.807) is 6.07 Å². The lowest BCUT2D eigenvalue weighted by Crippen LogP contribution is -1.99. The quantitative estimate of drug-likeness (QED) is 0.243. The molecule has 33 heavy (non-hydrogen) atoms. The average molecular weight is 435 g/mol. The first kappa shape index (κ1) is 22.7. The van der Waals surface area contributed by atoms with Gasteiger partial charge < -0.3 is 0 Å². The predicted octanol–water partition coefficient (Wildman–Crippen LogP) is 8.96. The summed E-state index contributed by atoms with van der Waals surface area (Å²) in [5.74, 6) is 0.182. The van der Waals surface area contributed by atoms with Crippen LogP contribution in [0.4, 0.5) is 4.39 Å². The Bertz CT molecular complexity index is 1190. The lowest BCUT2D eigenvalue weighted by Gasteiger charge is -2.12. The van der Waals surface area contributed by atoms with Crippen LogP contribution in [0.2, 0.25) is 0 Å². The third-order valence-electron chi connectivity index (χ3n) is 6.17. The summed E-state index contributed by atoms with van der Waals surface area (Å²) in [6.45, 7) is 4.39. The van der Waals surface area contributed by atoms with E-state index in [1.807, 2.05) is 30.4 Å². The second-order valence-corrected chi connectivity index (χ2v) is 8.77. The van der Waals surface area contributed by atoms with Crippen LogP contribution in [-0.2, 0) is 12.8 Å². The maximum atomic E-state index is 14.7. The van der Waals surface area contributed by atoms with E-state index >= 15 is 0 Å². The van der Waals surface area contributed by atoms with Crippen LogP contribution in [0, 0.1) is 5.82 Å². The van der Waals surface area contributed by atoms with Gasteiger partial charge in [0.2, 0.25) is 0 Å². The summed E-state index contributed by atoms with van der Waals surface area (Å²) in [5.41, 5.74) is 7.76. The summed E-state index contributed by atoms with van der Waals surface area (Å²) in [4.78, 5) is 0. The topological polar surface area (TPSA) is 0 Å². The number of hydrogen-bond acceptors (Lipinski definition) is 0. The van der Waals surface area contributed by atoms with Gasteiger partial charge in [-0.2, -0.15) is 0 Å². The molecule has 0 N–H and O–H groups in total. The van der Waals surface area contributed by atoms with Crippen LogP contribution in [0.5, 0.6) is 0 Å². The monoisotopic (exact) mass is 434 g/mol. The zero-order valence-electron chi connectivity index (χ0n) is 19.5. The number of rotatable bonds is 8. The predicted molar refractivity (Wildman–Crippen MR) is 140 cm³/mol. The van der Waals surface area contributed by atoms with Crippen LogP contribution in [0.1, 0.15) is 54.0 Å². The van der Waals surface area contributed by atoms with Gasteiger partial charge in [-0.15, -0.1) is 0 Å². The van der Waals surface area contributed by atoms with E-state index in [0.29, 0.717) is 11.5 Å². The Morgan fingerprint density at radius 2 is 1.36 bits per heavy atom. The maximum absolute atomic E-state index is 14.7. The van der Waals surface area contributed by atoms with E-state index in [9.17, 15) is 4.39 Å². The van der Waals surface area contributed by atoms with Crippen molar-refractivity contribution in [2.24, 2.45) is 0 Å². The summed E-state index contributed by atoms with van der Waals surface area (Å²) in [7, 11) is 0. The Labute approximate surface area is 197 Å². The molecule has 4 aromatic rings. The molecule has 1 heteroatoms. The lowest BCUT2D eigenvalue weighted by molar-refractivity contribution is 0.620. The van der Waals surface area contributed by atoms with Gasteiger partial charge in [0.15, 0.2) is 0 Å². The Balaban J connectivity index is 1.41. The van der Waals surface area contributed by atoms with Crippen molar-refractivity contribution in [3.05, 3.63) is 131 Å². The van der Waals surface area contributed by atoms with E-state index in [0.717, 1.165) is 30.4 Å². The fourth-order valence-corrected chi connectivity index (χ4v) is 4.21. The molecule has 4 aromatic carbocycles.